The van der Waals surface area contributed by atoms with Gasteiger partial charge in [-0.3, -0.25) is 0 Å². The molecule has 2 heteroatoms. The maximum atomic E-state index is 2.23. The van der Waals surface area contributed by atoms with Crippen molar-refractivity contribution in [3.05, 3.63) is 4.58 Å². The van der Waals surface area contributed by atoms with Gasteiger partial charge in [-0.15, -0.1) is 0 Å². The third-order valence-corrected chi connectivity index (χ3v) is 2.95. The minimum Gasteiger partial charge on any atom is -0.0714 e. The van der Waals surface area contributed by atoms with E-state index >= 15 is 0 Å². The molecule has 0 nitrogen and oxygen atoms in total. The second kappa shape index (κ2) is 2.88. The summed E-state index contributed by atoms with van der Waals surface area (Å²) in [6.45, 7) is 2.23. The average molecular weight is 133 g/mol. The molecule has 41 valence electrons. The fourth-order valence-corrected chi connectivity index (χ4v) is 1.62. The lowest BCUT2D eigenvalue weighted by Gasteiger charge is -1.85. The van der Waals surface area contributed by atoms with Crippen LogP contribution in [0.25, 0.3) is 0 Å². The summed E-state index contributed by atoms with van der Waals surface area (Å²) in [6, 6.07) is 0. The quantitative estimate of drug-likeness (QED) is 0.428. The van der Waals surface area contributed by atoms with Crippen molar-refractivity contribution in [3.8, 4) is 0 Å². The molecule has 0 amide bonds. The van der Waals surface area contributed by atoms with Gasteiger partial charge in [0.05, 0.1) is 0 Å². The SMILES string of the molecule is CCCC[C]1SS1. The van der Waals surface area contributed by atoms with Crippen LogP contribution in [0, 0.1) is 4.58 Å². The van der Waals surface area contributed by atoms with Crippen LogP contribution in [0.4, 0.5) is 0 Å². The molecular formula is C5H9S2. The molecule has 0 N–H and O–H groups in total. The Morgan fingerprint density at radius 1 is 1.43 bits per heavy atom. The van der Waals surface area contributed by atoms with E-state index in [-0.39, 0.29) is 0 Å². The van der Waals surface area contributed by atoms with E-state index in [0.717, 1.165) is 0 Å². The largest absolute Gasteiger partial charge is 0.107 e. The van der Waals surface area contributed by atoms with E-state index in [4.69, 9.17) is 0 Å². The Hall–Kier alpha value is 0.700. The summed E-state index contributed by atoms with van der Waals surface area (Å²) in [5.41, 5.74) is 0. The first kappa shape index (κ1) is 5.83. The number of hydrogen-bond acceptors (Lipinski definition) is 2. The van der Waals surface area contributed by atoms with Crippen molar-refractivity contribution in [2.24, 2.45) is 0 Å². The highest BCUT2D eigenvalue weighted by Gasteiger charge is 2.24. The maximum Gasteiger partial charge on any atom is 0.107 e. The van der Waals surface area contributed by atoms with Crippen molar-refractivity contribution in [2.45, 2.75) is 26.2 Å². The molecule has 1 radical (unpaired) electrons. The summed E-state index contributed by atoms with van der Waals surface area (Å²) in [4.78, 5) is 0. The van der Waals surface area contributed by atoms with Crippen LogP contribution in [0.3, 0.4) is 0 Å². The summed E-state index contributed by atoms with van der Waals surface area (Å²) >= 11 is 0. The highest BCUT2D eigenvalue weighted by atomic mass is 33.2. The van der Waals surface area contributed by atoms with Gasteiger partial charge in [0, 0.05) is 0 Å². The van der Waals surface area contributed by atoms with Crippen molar-refractivity contribution in [1.82, 2.24) is 0 Å². The van der Waals surface area contributed by atoms with Crippen LogP contribution in [0.5, 0.6) is 0 Å². The minimum absolute atomic E-state index is 1.34. The molecule has 1 heterocycles. The van der Waals surface area contributed by atoms with Gasteiger partial charge in [-0.05, 0) is 6.42 Å². The lowest BCUT2D eigenvalue weighted by Crippen LogP contribution is -1.68. The van der Waals surface area contributed by atoms with E-state index in [9.17, 15) is 0 Å². The molecule has 0 aliphatic carbocycles. The van der Waals surface area contributed by atoms with Gasteiger partial charge in [-0.1, -0.05) is 41.4 Å². The molecule has 0 spiro atoms. The Labute approximate surface area is 52.8 Å². The van der Waals surface area contributed by atoms with E-state index in [1.165, 1.54) is 19.3 Å². The molecule has 0 aromatic rings. The van der Waals surface area contributed by atoms with E-state index in [1.807, 2.05) is 21.6 Å². The normalized spacial score (nSPS) is 20.1. The van der Waals surface area contributed by atoms with Gasteiger partial charge in [-0.2, -0.15) is 0 Å². The van der Waals surface area contributed by atoms with Crippen molar-refractivity contribution >= 4 is 21.6 Å². The molecule has 0 unspecified atom stereocenters. The van der Waals surface area contributed by atoms with Crippen LogP contribution < -0.4 is 0 Å². The summed E-state index contributed by atoms with van der Waals surface area (Å²) in [5.74, 6) is 0. The summed E-state index contributed by atoms with van der Waals surface area (Å²) in [5, 5.41) is 0. The topological polar surface area (TPSA) is 0 Å². The number of hydrogen-bond donors (Lipinski definition) is 0. The zero-order valence-corrected chi connectivity index (χ0v) is 6.07. The minimum atomic E-state index is 1.34. The molecule has 1 aliphatic rings. The van der Waals surface area contributed by atoms with E-state index in [1.54, 1.807) is 4.58 Å². The summed E-state index contributed by atoms with van der Waals surface area (Å²) in [6.07, 6.45) is 4.08. The van der Waals surface area contributed by atoms with Crippen LogP contribution in [0.1, 0.15) is 26.2 Å². The van der Waals surface area contributed by atoms with Crippen molar-refractivity contribution in [1.29, 1.82) is 0 Å². The van der Waals surface area contributed by atoms with Gasteiger partial charge in [-0.25, -0.2) is 0 Å². The predicted octanol–water partition coefficient (Wildman–Crippen LogP) is 3.06. The molecule has 7 heavy (non-hydrogen) atoms. The van der Waals surface area contributed by atoms with Crippen molar-refractivity contribution in [2.75, 3.05) is 0 Å². The fraction of sp³-hybridized carbons (Fsp3) is 0.800. The van der Waals surface area contributed by atoms with Gasteiger partial charge in [0.15, 0.2) is 0 Å². The predicted molar refractivity (Wildman–Crippen MR) is 38.0 cm³/mol. The first-order valence-electron chi connectivity index (χ1n) is 2.64. The average Bonchev–Trinajstić information content (AvgIpc) is 2.42. The van der Waals surface area contributed by atoms with Gasteiger partial charge in [0.25, 0.3) is 0 Å². The lowest BCUT2D eigenvalue weighted by molar-refractivity contribution is 0.802. The zero-order chi connectivity index (χ0) is 5.11. The molecule has 1 aliphatic heterocycles. The molecule has 1 rings (SSSR count). The van der Waals surface area contributed by atoms with Crippen LogP contribution in [0.15, 0.2) is 0 Å². The zero-order valence-electron chi connectivity index (χ0n) is 4.44. The van der Waals surface area contributed by atoms with Crippen LogP contribution in [-0.2, 0) is 0 Å². The lowest BCUT2D eigenvalue weighted by atomic mass is 10.3. The molecule has 0 atom stereocenters. The third kappa shape index (κ3) is 2.50. The smallest absolute Gasteiger partial charge is 0.0714 e. The molecule has 1 saturated heterocycles. The van der Waals surface area contributed by atoms with E-state index in [2.05, 4.69) is 6.92 Å². The van der Waals surface area contributed by atoms with Gasteiger partial charge >= 0.3 is 0 Å². The van der Waals surface area contributed by atoms with Crippen LogP contribution in [0.2, 0.25) is 0 Å². The summed E-state index contributed by atoms with van der Waals surface area (Å²) in [7, 11) is 3.88. The third-order valence-electron chi connectivity index (χ3n) is 0.936. The molecule has 0 aromatic heterocycles. The highest BCUT2D eigenvalue weighted by molar-refractivity contribution is 8.95. The first-order chi connectivity index (χ1) is 3.43. The van der Waals surface area contributed by atoms with Crippen LogP contribution >= 0.6 is 21.6 Å². The van der Waals surface area contributed by atoms with Crippen molar-refractivity contribution < 1.29 is 0 Å². The molecule has 0 aromatic carbocycles. The molecular weight excluding hydrogens is 124 g/mol. The Morgan fingerprint density at radius 2 is 2.14 bits per heavy atom. The highest BCUT2D eigenvalue weighted by Crippen LogP contribution is 2.63. The maximum absolute atomic E-state index is 2.23. The molecule has 0 saturated carbocycles. The molecule has 0 bridgehead atoms. The van der Waals surface area contributed by atoms with Gasteiger partial charge in [0.2, 0.25) is 0 Å². The second-order valence-electron chi connectivity index (χ2n) is 1.64. The Balaban J connectivity index is 1.80. The Bertz CT molecular complexity index is 50.0. The van der Waals surface area contributed by atoms with Gasteiger partial charge in [0.1, 0.15) is 4.58 Å². The van der Waals surface area contributed by atoms with Crippen molar-refractivity contribution in [3.63, 3.8) is 0 Å². The first-order valence-corrected chi connectivity index (χ1v) is 4.79. The van der Waals surface area contributed by atoms with Crippen LogP contribution in [-0.4, -0.2) is 0 Å². The van der Waals surface area contributed by atoms with E-state index in [0.29, 0.717) is 0 Å². The standard InChI is InChI=1S/C5H9S2/c1-2-3-4-5-6-7-5/h2-4H2,1H3. The fourth-order valence-electron chi connectivity index (χ4n) is 0.434. The number of unbranched alkanes of at least 4 members (excludes halogenated alkanes) is 1. The van der Waals surface area contributed by atoms with Gasteiger partial charge < -0.3 is 0 Å². The number of rotatable bonds is 3. The molecule has 1 fully saturated rings. The van der Waals surface area contributed by atoms with E-state index < -0.39 is 0 Å². The monoisotopic (exact) mass is 133 g/mol. The Morgan fingerprint density at radius 3 is 2.57 bits per heavy atom. The Kier molecular flexibility index (Phi) is 2.40. The summed E-state index contributed by atoms with van der Waals surface area (Å²) < 4.78 is 1.64. The second-order valence-corrected chi connectivity index (χ2v) is 4.22.